The Labute approximate surface area is 152 Å². The molecule has 1 aliphatic heterocycles. The minimum Gasteiger partial charge on any atom is -0.331 e. The summed E-state index contributed by atoms with van der Waals surface area (Å²) >= 11 is 0. The number of benzene rings is 2. The van der Waals surface area contributed by atoms with Crippen LogP contribution in [0.25, 0.3) is 0 Å². The first-order valence-corrected chi connectivity index (χ1v) is 9.08. The third-order valence-corrected chi connectivity index (χ3v) is 5.05. The molecule has 1 saturated heterocycles. The van der Waals surface area contributed by atoms with Gasteiger partial charge < -0.3 is 9.80 Å². The van der Waals surface area contributed by atoms with Crippen molar-refractivity contribution in [2.75, 3.05) is 11.4 Å². The van der Waals surface area contributed by atoms with Crippen molar-refractivity contribution in [3.05, 3.63) is 65.5 Å². The molecule has 2 aliphatic rings. The summed E-state index contributed by atoms with van der Waals surface area (Å²) in [7, 11) is 0. The maximum Gasteiger partial charge on any atom is 0.254 e. The van der Waals surface area contributed by atoms with Gasteiger partial charge in [0.1, 0.15) is 5.82 Å². The second-order valence-electron chi connectivity index (χ2n) is 6.95. The molecule has 1 saturated carbocycles. The standard InChI is InChI=1S/C21H21FN2O2/c22-19-5-2-1-4-16(19)14-24(18-11-12-18)21(26)15-7-9-17(10-8-15)23-13-3-6-20(23)25/h1-2,4-5,7-10,18H,3,6,11-14H2. The van der Waals surface area contributed by atoms with Crippen LogP contribution in [0.15, 0.2) is 48.5 Å². The zero-order valence-corrected chi connectivity index (χ0v) is 14.5. The normalized spacial score (nSPS) is 16.8. The van der Waals surface area contributed by atoms with Gasteiger partial charge in [-0.2, -0.15) is 0 Å². The summed E-state index contributed by atoms with van der Waals surface area (Å²) in [6.07, 6.45) is 3.37. The van der Waals surface area contributed by atoms with Gasteiger partial charge in [0.25, 0.3) is 5.91 Å². The number of rotatable bonds is 5. The highest BCUT2D eigenvalue weighted by atomic mass is 19.1. The number of carbonyl (C=O) groups is 2. The summed E-state index contributed by atoms with van der Waals surface area (Å²) in [4.78, 5) is 28.3. The van der Waals surface area contributed by atoms with Crippen molar-refractivity contribution in [3.63, 3.8) is 0 Å². The average molecular weight is 352 g/mol. The van der Waals surface area contributed by atoms with Crippen LogP contribution in [0.5, 0.6) is 0 Å². The largest absolute Gasteiger partial charge is 0.331 e. The second kappa shape index (κ2) is 6.90. The molecule has 0 unspecified atom stereocenters. The molecule has 0 N–H and O–H groups in total. The molecule has 4 rings (SSSR count). The maximum atomic E-state index is 14.0. The number of carbonyl (C=O) groups excluding carboxylic acids is 2. The zero-order chi connectivity index (χ0) is 18.1. The molecule has 0 spiro atoms. The summed E-state index contributed by atoms with van der Waals surface area (Å²) in [5, 5.41) is 0. The van der Waals surface area contributed by atoms with Crippen molar-refractivity contribution < 1.29 is 14.0 Å². The smallest absolute Gasteiger partial charge is 0.254 e. The summed E-state index contributed by atoms with van der Waals surface area (Å²) in [5.74, 6) is -0.243. The fraction of sp³-hybridized carbons (Fsp3) is 0.333. The number of amides is 2. The van der Waals surface area contributed by atoms with E-state index in [0.717, 1.165) is 31.5 Å². The summed E-state index contributed by atoms with van der Waals surface area (Å²) in [6, 6.07) is 13.9. The van der Waals surface area contributed by atoms with Gasteiger partial charge in [0, 0.05) is 42.4 Å². The molecule has 1 aliphatic carbocycles. The molecule has 26 heavy (non-hydrogen) atoms. The number of hydrogen-bond donors (Lipinski definition) is 0. The van der Waals surface area contributed by atoms with E-state index >= 15 is 0 Å². The van der Waals surface area contributed by atoms with Crippen LogP contribution in [0, 0.1) is 5.82 Å². The van der Waals surface area contributed by atoms with Gasteiger partial charge in [-0.05, 0) is 49.6 Å². The molecule has 0 bridgehead atoms. The van der Waals surface area contributed by atoms with E-state index in [-0.39, 0.29) is 30.2 Å². The van der Waals surface area contributed by atoms with Gasteiger partial charge in [-0.25, -0.2) is 4.39 Å². The number of hydrogen-bond acceptors (Lipinski definition) is 2. The molecular formula is C21H21FN2O2. The van der Waals surface area contributed by atoms with E-state index in [9.17, 15) is 14.0 Å². The Morgan fingerprint density at radius 2 is 1.85 bits per heavy atom. The van der Waals surface area contributed by atoms with Crippen LogP contribution in [0.2, 0.25) is 0 Å². The van der Waals surface area contributed by atoms with Crippen LogP contribution in [0.3, 0.4) is 0 Å². The highest BCUT2D eigenvalue weighted by molar-refractivity contribution is 5.97. The molecule has 134 valence electrons. The SMILES string of the molecule is O=C1CCCN1c1ccc(C(=O)N(Cc2ccccc2F)C2CC2)cc1. The van der Waals surface area contributed by atoms with E-state index < -0.39 is 0 Å². The van der Waals surface area contributed by atoms with Crippen molar-refractivity contribution >= 4 is 17.5 Å². The summed E-state index contributed by atoms with van der Waals surface area (Å²) < 4.78 is 14.0. The first-order valence-electron chi connectivity index (χ1n) is 9.08. The Bertz CT molecular complexity index is 830. The van der Waals surface area contributed by atoms with Crippen LogP contribution in [0.4, 0.5) is 10.1 Å². The molecule has 1 heterocycles. The van der Waals surface area contributed by atoms with Crippen molar-refractivity contribution in [1.29, 1.82) is 0 Å². The molecule has 2 aromatic rings. The lowest BCUT2D eigenvalue weighted by Gasteiger charge is -2.23. The van der Waals surface area contributed by atoms with E-state index in [2.05, 4.69) is 0 Å². The lowest BCUT2D eigenvalue weighted by atomic mass is 10.1. The van der Waals surface area contributed by atoms with Crippen molar-refractivity contribution in [2.45, 2.75) is 38.3 Å². The van der Waals surface area contributed by atoms with Gasteiger partial charge in [-0.15, -0.1) is 0 Å². The molecule has 5 heteroatoms. The Hall–Kier alpha value is -2.69. The molecule has 0 radical (unpaired) electrons. The Morgan fingerprint density at radius 3 is 2.46 bits per heavy atom. The minimum absolute atomic E-state index is 0.0879. The van der Waals surface area contributed by atoms with Gasteiger partial charge in [-0.3, -0.25) is 9.59 Å². The fourth-order valence-electron chi connectivity index (χ4n) is 3.43. The Morgan fingerprint density at radius 1 is 1.12 bits per heavy atom. The quantitative estimate of drug-likeness (QED) is 0.822. The minimum atomic E-state index is -0.283. The maximum absolute atomic E-state index is 14.0. The van der Waals surface area contributed by atoms with Crippen molar-refractivity contribution in [2.24, 2.45) is 0 Å². The summed E-state index contributed by atoms with van der Waals surface area (Å²) in [5.41, 5.74) is 1.94. The van der Waals surface area contributed by atoms with Crippen LogP contribution in [-0.4, -0.2) is 29.3 Å². The van der Waals surface area contributed by atoms with Crippen LogP contribution >= 0.6 is 0 Å². The topological polar surface area (TPSA) is 40.6 Å². The molecule has 0 aromatic heterocycles. The third-order valence-electron chi connectivity index (χ3n) is 5.05. The monoisotopic (exact) mass is 352 g/mol. The highest BCUT2D eigenvalue weighted by Gasteiger charge is 2.33. The molecule has 2 fully saturated rings. The lowest BCUT2D eigenvalue weighted by molar-refractivity contribution is -0.117. The average Bonchev–Trinajstić information content (AvgIpc) is 3.41. The molecule has 2 amide bonds. The van der Waals surface area contributed by atoms with Crippen LogP contribution in [-0.2, 0) is 11.3 Å². The molecule has 0 atom stereocenters. The zero-order valence-electron chi connectivity index (χ0n) is 14.5. The molecular weight excluding hydrogens is 331 g/mol. The van der Waals surface area contributed by atoms with Crippen LogP contribution < -0.4 is 4.90 Å². The van der Waals surface area contributed by atoms with Gasteiger partial charge >= 0.3 is 0 Å². The predicted molar refractivity (Wildman–Crippen MR) is 97.3 cm³/mol. The number of nitrogens with zero attached hydrogens (tertiary/aromatic N) is 2. The number of anilines is 1. The predicted octanol–water partition coefficient (Wildman–Crippen LogP) is 3.76. The second-order valence-corrected chi connectivity index (χ2v) is 6.95. The summed E-state index contributed by atoms with van der Waals surface area (Å²) in [6.45, 7) is 1.01. The Balaban J connectivity index is 1.53. The van der Waals surface area contributed by atoms with Gasteiger partial charge in [-0.1, -0.05) is 18.2 Å². The first-order chi connectivity index (χ1) is 12.6. The Kier molecular flexibility index (Phi) is 4.45. The van der Waals surface area contributed by atoms with Gasteiger partial charge in [0.2, 0.25) is 5.91 Å². The highest BCUT2D eigenvalue weighted by Crippen LogP contribution is 2.31. The van der Waals surface area contributed by atoms with E-state index in [1.54, 1.807) is 40.1 Å². The number of halogens is 1. The fourth-order valence-corrected chi connectivity index (χ4v) is 3.43. The van der Waals surface area contributed by atoms with E-state index in [1.807, 2.05) is 12.1 Å². The van der Waals surface area contributed by atoms with E-state index in [1.165, 1.54) is 6.07 Å². The first kappa shape index (κ1) is 16.8. The van der Waals surface area contributed by atoms with Gasteiger partial charge in [0.05, 0.1) is 0 Å². The van der Waals surface area contributed by atoms with Gasteiger partial charge in [0.15, 0.2) is 0 Å². The molecule has 4 nitrogen and oxygen atoms in total. The van der Waals surface area contributed by atoms with Crippen molar-refractivity contribution in [1.82, 2.24) is 4.90 Å². The van der Waals surface area contributed by atoms with Crippen molar-refractivity contribution in [3.8, 4) is 0 Å². The third kappa shape index (κ3) is 3.34. The molecule has 2 aromatic carbocycles. The van der Waals surface area contributed by atoms with E-state index in [4.69, 9.17) is 0 Å². The lowest BCUT2D eigenvalue weighted by Crippen LogP contribution is -2.33. The van der Waals surface area contributed by atoms with Crippen LogP contribution in [0.1, 0.15) is 41.6 Å². The van der Waals surface area contributed by atoms with E-state index in [0.29, 0.717) is 17.5 Å².